The molecule has 1 nitrogen and oxygen atoms in total. The van der Waals surface area contributed by atoms with Crippen LogP contribution in [0.5, 0.6) is 5.75 Å². The second kappa shape index (κ2) is 5.73. The molecule has 1 aromatic rings. The van der Waals surface area contributed by atoms with Gasteiger partial charge in [-0.1, -0.05) is 0 Å². The summed E-state index contributed by atoms with van der Waals surface area (Å²) in [6, 6.07) is 0. The molecule has 0 aliphatic heterocycles. The van der Waals surface area contributed by atoms with Crippen molar-refractivity contribution in [2.45, 2.75) is 19.6 Å². The van der Waals surface area contributed by atoms with E-state index in [-0.39, 0.29) is 0 Å². The van der Waals surface area contributed by atoms with Gasteiger partial charge in [0, 0.05) is 4.47 Å². The SMILES string of the molecule is C[Si](C)(C)Oc1c(Br)c(Br)c(Br)c(Br)c1Br. The van der Waals surface area contributed by atoms with Crippen LogP contribution in [0.15, 0.2) is 22.4 Å². The van der Waals surface area contributed by atoms with E-state index in [0.717, 1.165) is 28.1 Å². The minimum atomic E-state index is -1.64. The zero-order valence-corrected chi connectivity index (χ0v) is 17.7. The summed E-state index contributed by atoms with van der Waals surface area (Å²) >= 11 is 17.6. The lowest BCUT2D eigenvalue weighted by molar-refractivity contribution is 0.549. The van der Waals surface area contributed by atoms with Gasteiger partial charge in [0.25, 0.3) is 0 Å². The van der Waals surface area contributed by atoms with Gasteiger partial charge in [0.1, 0.15) is 5.75 Å². The Morgan fingerprint density at radius 2 is 1.00 bits per heavy atom. The van der Waals surface area contributed by atoms with Crippen LogP contribution < -0.4 is 4.43 Å². The van der Waals surface area contributed by atoms with Gasteiger partial charge >= 0.3 is 0 Å². The van der Waals surface area contributed by atoms with Crippen molar-refractivity contribution in [3.05, 3.63) is 22.4 Å². The van der Waals surface area contributed by atoms with E-state index in [0.29, 0.717) is 0 Å². The summed E-state index contributed by atoms with van der Waals surface area (Å²) in [6.45, 7) is 6.45. The molecule has 0 atom stereocenters. The van der Waals surface area contributed by atoms with Crippen LogP contribution in [0.2, 0.25) is 19.6 Å². The number of halogens is 5. The summed E-state index contributed by atoms with van der Waals surface area (Å²) in [7, 11) is -1.64. The first-order valence-electron chi connectivity index (χ1n) is 4.35. The second-order valence-corrected chi connectivity index (χ2v) is 12.5. The Morgan fingerprint density at radius 3 is 1.31 bits per heavy atom. The summed E-state index contributed by atoms with van der Waals surface area (Å²) in [6.07, 6.45) is 0. The van der Waals surface area contributed by atoms with Crippen LogP contribution >= 0.6 is 79.6 Å². The quantitative estimate of drug-likeness (QED) is 0.222. The van der Waals surface area contributed by atoms with Gasteiger partial charge in [-0.3, -0.25) is 0 Å². The molecule has 90 valence electrons. The Hall–Kier alpha value is 1.64. The molecule has 0 aliphatic rings. The Bertz CT molecular complexity index is 398. The van der Waals surface area contributed by atoms with Crippen molar-refractivity contribution in [2.24, 2.45) is 0 Å². The molecule has 0 N–H and O–H groups in total. The zero-order valence-electron chi connectivity index (χ0n) is 8.80. The summed E-state index contributed by atoms with van der Waals surface area (Å²) < 4.78 is 10.7. The predicted molar refractivity (Wildman–Crippen MR) is 88.9 cm³/mol. The fourth-order valence-electron chi connectivity index (χ4n) is 0.981. The highest BCUT2D eigenvalue weighted by Crippen LogP contribution is 2.49. The van der Waals surface area contributed by atoms with E-state index in [1.165, 1.54) is 0 Å². The fourth-order valence-corrected chi connectivity index (χ4v) is 5.27. The highest BCUT2D eigenvalue weighted by atomic mass is 79.9. The lowest BCUT2D eigenvalue weighted by Gasteiger charge is -2.23. The molecule has 0 unspecified atom stereocenters. The number of hydrogen-bond acceptors (Lipinski definition) is 1. The van der Waals surface area contributed by atoms with E-state index >= 15 is 0 Å². The van der Waals surface area contributed by atoms with E-state index in [2.05, 4.69) is 99.3 Å². The smallest absolute Gasteiger partial charge is 0.242 e. The molecule has 1 aromatic carbocycles. The van der Waals surface area contributed by atoms with Gasteiger partial charge in [0.05, 0.1) is 17.9 Å². The minimum absolute atomic E-state index is 0.834. The Labute approximate surface area is 138 Å². The molecule has 0 saturated heterocycles. The van der Waals surface area contributed by atoms with Crippen molar-refractivity contribution in [1.29, 1.82) is 0 Å². The van der Waals surface area contributed by atoms with Gasteiger partial charge in [-0.05, 0) is 99.3 Å². The van der Waals surface area contributed by atoms with Crippen molar-refractivity contribution >= 4 is 88.0 Å². The van der Waals surface area contributed by atoms with Crippen LogP contribution in [0, 0.1) is 0 Å². The molecule has 0 heterocycles. The van der Waals surface area contributed by atoms with Crippen LogP contribution in [0.4, 0.5) is 0 Å². The average molecular weight is 561 g/mol. The topological polar surface area (TPSA) is 9.23 Å². The van der Waals surface area contributed by atoms with E-state index in [1.807, 2.05) is 0 Å². The third-order valence-electron chi connectivity index (χ3n) is 1.58. The lowest BCUT2D eigenvalue weighted by Crippen LogP contribution is -2.29. The highest BCUT2D eigenvalue weighted by molar-refractivity contribution is 9.15. The summed E-state index contributed by atoms with van der Waals surface area (Å²) in [5.74, 6) is 0.834. The van der Waals surface area contributed by atoms with E-state index in [4.69, 9.17) is 4.43 Å². The third-order valence-corrected chi connectivity index (χ3v) is 8.41. The number of benzene rings is 1. The number of rotatable bonds is 2. The van der Waals surface area contributed by atoms with Gasteiger partial charge in [-0.15, -0.1) is 0 Å². The Kier molecular flexibility index (Phi) is 5.62. The molecule has 0 amide bonds. The minimum Gasteiger partial charge on any atom is -0.543 e. The van der Waals surface area contributed by atoms with Gasteiger partial charge in [-0.2, -0.15) is 0 Å². The van der Waals surface area contributed by atoms with Crippen LogP contribution in [0.25, 0.3) is 0 Å². The molecule has 0 bridgehead atoms. The summed E-state index contributed by atoms with van der Waals surface area (Å²) in [4.78, 5) is 0. The monoisotopic (exact) mass is 556 g/mol. The maximum absolute atomic E-state index is 6.04. The van der Waals surface area contributed by atoms with Crippen molar-refractivity contribution < 1.29 is 4.43 Å². The first kappa shape index (κ1) is 15.7. The van der Waals surface area contributed by atoms with Crippen LogP contribution in [-0.2, 0) is 0 Å². The maximum atomic E-state index is 6.04. The van der Waals surface area contributed by atoms with Crippen LogP contribution in [-0.4, -0.2) is 8.32 Å². The van der Waals surface area contributed by atoms with Gasteiger partial charge in [0.15, 0.2) is 0 Å². The Morgan fingerprint density at radius 1 is 0.688 bits per heavy atom. The van der Waals surface area contributed by atoms with Crippen molar-refractivity contribution in [2.75, 3.05) is 0 Å². The standard InChI is InChI=1S/C9H9Br5OSi/c1-16(2,3)15-9-7(13)5(11)4(10)6(12)8(9)14/h1-3H3. The molecule has 7 heteroatoms. The summed E-state index contributed by atoms with van der Waals surface area (Å²) in [5, 5.41) is 0. The molecular formula is C9H9Br5OSi. The van der Waals surface area contributed by atoms with Gasteiger partial charge in [0.2, 0.25) is 8.32 Å². The third kappa shape index (κ3) is 3.57. The lowest BCUT2D eigenvalue weighted by atomic mass is 10.3. The fraction of sp³-hybridized carbons (Fsp3) is 0.333. The highest BCUT2D eigenvalue weighted by Gasteiger charge is 2.24. The maximum Gasteiger partial charge on any atom is 0.242 e. The predicted octanol–water partition coefficient (Wildman–Crippen LogP) is 6.71. The molecule has 0 saturated carbocycles. The molecule has 0 aliphatic carbocycles. The van der Waals surface area contributed by atoms with Crippen molar-refractivity contribution in [3.8, 4) is 5.75 Å². The molecule has 1 rings (SSSR count). The van der Waals surface area contributed by atoms with Crippen molar-refractivity contribution in [1.82, 2.24) is 0 Å². The molecule has 16 heavy (non-hydrogen) atoms. The Balaban J connectivity index is 3.40. The molecular weight excluding hydrogens is 552 g/mol. The second-order valence-electron chi connectivity index (χ2n) is 4.11. The van der Waals surface area contributed by atoms with Crippen LogP contribution in [0.1, 0.15) is 0 Å². The first-order valence-corrected chi connectivity index (χ1v) is 11.7. The van der Waals surface area contributed by atoms with E-state index < -0.39 is 8.32 Å². The van der Waals surface area contributed by atoms with Crippen molar-refractivity contribution in [3.63, 3.8) is 0 Å². The van der Waals surface area contributed by atoms with E-state index in [1.54, 1.807) is 0 Å². The average Bonchev–Trinajstić information content (AvgIpc) is 2.17. The zero-order chi connectivity index (χ0) is 12.7. The first-order chi connectivity index (χ1) is 7.15. The molecule has 0 spiro atoms. The van der Waals surface area contributed by atoms with E-state index in [9.17, 15) is 0 Å². The molecule has 0 aromatic heterocycles. The largest absolute Gasteiger partial charge is 0.543 e. The van der Waals surface area contributed by atoms with Gasteiger partial charge in [-0.25, -0.2) is 0 Å². The normalized spacial score (nSPS) is 11.8. The van der Waals surface area contributed by atoms with Gasteiger partial charge < -0.3 is 4.43 Å². The van der Waals surface area contributed by atoms with Crippen LogP contribution in [0.3, 0.4) is 0 Å². The summed E-state index contributed by atoms with van der Waals surface area (Å²) in [5.41, 5.74) is 0. The molecule has 0 radical (unpaired) electrons. The number of hydrogen-bond donors (Lipinski definition) is 0. The molecule has 0 fully saturated rings.